The molecule has 1 rings (SSSR count). The highest BCUT2D eigenvalue weighted by Gasteiger charge is 2.16. The predicted molar refractivity (Wildman–Crippen MR) is 75.2 cm³/mol. The number of hydrogen-bond donors (Lipinski definition) is 5. The molecule has 0 bridgehead atoms. The second-order valence-corrected chi connectivity index (χ2v) is 5.08. The van der Waals surface area contributed by atoms with Gasteiger partial charge in [0.25, 0.3) is 5.91 Å². The van der Waals surface area contributed by atoms with E-state index < -0.39 is 6.03 Å². The average Bonchev–Trinajstić information content (AvgIpc) is 2.64. The van der Waals surface area contributed by atoms with Crippen molar-refractivity contribution in [3.8, 4) is 0 Å². The number of carbonyl (C=O) groups is 2. The third-order valence-electron chi connectivity index (χ3n) is 1.98. The zero-order valence-electron chi connectivity index (χ0n) is 10.8. The molecular formula is C10H18N6O2S. The Hall–Kier alpha value is -2.03. The molecule has 0 spiro atoms. The summed E-state index contributed by atoms with van der Waals surface area (Å²) in [4.78, 5) is 26.7. The van der Waals surface area contributed by atoms with Crippen LogP contribution in [-0.2, 0) is 0 Å². The third kappa shape index (κ3) is 5.00. The van der Waals surface area contributed by atoms with Crippen LogP contribution in [0.25, 0.3) is 0 Å². The molecule has 19 heavy (non-hydrogen) atoms. The summed E-state index contributed by atoms with van der Waals surface area (Å²) in [7, 11) is 0. The molecule has 0 unspecified atom stereocenters. The van der Waals surface area contributed by atoms with Crippen LogP contribution in [0, 0.1) is 0 Å². The summed E-state index contributed by atoms with van der Waals surface area (Å²) in [5.41, 5.74) is 10.6. The number of primary amides is 1. The Morgan fingerprint density at radius 1 is 1.32 bits per heavy atom. The number of carbonyl (C=O) groups excluding carboxylic acids is 2. The van der Waals surface area contributed by atoms with Crippen LogP contribution in [0.15, 0.2) is 0 Å². The van der Waals surface area contributed by atoms with Gasteiger partial charge in [0.1, 0.15) is 10.7 Å². The van der Waals surface area contributed by atoms with Crippen molar-refractivity contribution in [1.29, 1.82) is 0 Å². The molecule has 0 saturated carbocycles. The maximum absolute atomic E-state index is 11.8. The van der Waals surface area contributed by atoms with Crippen molar-refractivity contribution < 1.29 is 9.59 Å². The summed E-state index contributed by atoms with van der Waals surface area (Å²) in [6.45, 7) is 4.46. The lowest BCUT2D eigenvalue weighted by atomic mass is 10.4. The van der Waals surface area contributed by atoms with Crippen molar-refractivity contribution in [2.75, 3.05) is 24.1 Å². The second kappa shape index (κ2) is 6.78. The molecule has 8 nitrogen and oxygen atoms in total. The van der Waals surface area contributed by atoms with Gasteiger partial charge in [0.05, 0.1) is 0 Å². The number of nitrogens with one attached hydrogen (secondary N) is 3. The van der Waals surface area contributed by atoms with Crippen molar-refractivity contribution in [2.45, 2.75) is 19.9 Å². The maximum Gasteiger partial charge on any atom is 0.312 e. The Labute approximate surface area is 114 Å². The zero-order chi connectivity index (χ0) is 14.4. The van der Waals surface area contributed by atoms with Crippen LogP contribution in [0.1, 0.15) is 23.5 Å². The molecule has 9 heteroatoms. The lowest BCUT2D eigenvalue weighted by Gasteiger charge is -2.04. The zero-order valence-corrected chi connectivity index (χ0v) is 11.6. The molecule has 0 fully saturated rings. The highest BCUT2D eigenvalue weighted by Crippen LogP contribution is 2.25. The first-order valence-corrected chi connectivity index (χ1v) is 6.56. The number of nitrogens with zero attached hydrogens (tertiary/aromatic N) is 1. The van der Waals surface area contributed by atoms with E-state index in [1.54, 1.807) is 0 Å². The molecular weight excluding hydrogens is 268 g/mol. The van der Waals surface area contributed by atoms with Crippen molar-refractivity contribution in [3.63, 3.8) is 0 Å². The van der Waals surface area contributed by atoms with Gasteiger partial charge in [-0.1, -0.05) is 11.3 Å². The molecule has 1 aromatic rings. The van der Waals surface area contributed by atoms with Gasteiger partial charge in [-0.05, 0) is 13.8 Å². The molecule has 1 aromatic heterocycles. The van der Waals surface area contributed by atoms with Crippen LogP contribution in [0.5, 0.6) is 0 Å². The summed E-state index contributed by atoms with van der Waals surface area (Å²) >= 11 is 1.19. The molecule has 3 amide bonds. The second-order valence-electron chi connectivity index (χ2n) is 4.08. The van der Waals surface area contributed by atoms with Crippen molar-refractivity contribution >= 4 is 34.2 Å². The van der Waals surface area contributed by atoms with E-state index in [9.17, 15) is 9.59 Å². The number of nitrogens with two attached hydrogens (primary N) is 2. The fourth-order valence-corrected chi connectivity index (χ4v) is 2.19. The normalized spacial score (nSPS) is 10.3. The Balaban J connectivity index is 2.52. The van der Waals surface area contributed by atoms with Gasteiger partial charge >= 0.3 is 6.03 Å². The first kappa shape index (κ1) is 15.0. The third-order valence-corrected chi connectivity index (χ3v) is 2.98. The SMILES string of the molecule is CC(C)Nc1nc(N)c(C(=O)NCCNC(N)=O)s1. The molecule has 1 heterocycles. The van der Waals surface area contributed by atoms with Crippen LogP contribution in [0.3, 0.4) is 0 Å². The monoisotopic (exact) mass is 286 g/mol. The van der Waals surface area contributed by atoms with Crippen LogP contribution in [-0.4, -0.2) is 36.1 Å². The highest BCUT2D eigenvalue weighted by molar-refractivity contribution is 7.18. The number of aromatic nitrogens is 1. The van der Waals surface area contributed by atoms with Gasteiger partial charge in [0, 0.05) is 19.1 Å². The smallest absolute Gasteiger partial charge is 0.312 e. The number of nitrogen functional groups attached to an aromatic ring is 1. The van der Waals surface area contributed by atoms with Crippen LogP contribution < -0.4 is 27.4 Å². The van der Waals surface area contributed by atoms with E-state index >= 15 is 0 Å². The van der Waals surface area contributed by atoms with Gasteiger partial charge in [-0.3, -0.25) is 4.79 Å². The van der Waals surface area contributed by atoms with E-state index in [-0.39, 0.29) is 30.9 Å². The van der Waals surface area contributed by atoms with E-state index in [0.717, 1.165) is 0 Å². The summed E-state index contributed by atoms with van der Waals surface area (Å²) in [6, 6.07) is -0.420. The minimum Gasteiger partial charge on any atom is -0.382 e. The van der Waals surface area contributed by atoms with Crippen LogP contribution >= 0.6 is 11.3 Å². The van der Waals surface area contributed by atoms with Crippen molar-refractivity contribution in [3.05, 3.63) is 4.88 Å². The summed E-state index contributed by atoms with van der Waals surface area (Å²) in [6.07, 6.45) is 0. The van der Waals surface area contributed by atoms with E-state index in [4.69, 9.17) is 11.5 Å². The van der Waals surface area contributed by atoms with Crippen LogP contribution in [0.2, 0.25) is 0 Å². The summed E-state index contributed by atoms with van der Waals surface area (Å²) in [5.74, 6) is -0.133. The molecule has 0 radical (unpaired) electrons. The van der Waals surface area contributed by atoms with E-state index in [1.165, 1.54) is 11.3 Å². The number of urea groups is 1. The summed E-state index contributed by atoms with van der Waals surface area (Å²) < 4.78 is 0. The largest absolute Gasteiger partial charge is 0.382 e. The van der Waals surface area contributed by atoms with Gasteiger partial charge < -0.3 is 27.4 Å². The maximum atomic E-state index is 11.8. The minimum absolute atomic E-state index is 0.188. The number of anilines is 2. The highest BCUT2D eigenvalue weighted by atomic mass is 32.1. The topological polar surface area (TPSA) is 135 Å². The van der Waals surface area contributed by atoms with Gasteiger partial charge in [-0.15, -0.1) is 0 Å². The van der Waals surface area contributed by atoms with Gasteiger partial charge in [-0.2, -0.15) is 0 Å². The fraction of sp³-hybridized carbons (Fsp3) is 0.500. The van der Waals surface area contributed by atoms with Gasteiger partial charge in [0.15, 0.2) is 5.13 Å². The van der Waals surface area contributed by atoms with E-state index in [0.29, 0.717) is 10.0 Å². The first-order chi connectivity index (χ1) is 8.90. The summed E-state index contributed by atoms with van der Waals surface area (Å²) in [5, 5.41) is 8.66. The molecule has 0 aliphatic rings. The predicted octanol–water partition coefficient (Wildman–Crippen LogP) is -0.0563. The number of amides is 3. The lowest BCUT2D eigenvalue weighted by molar-refractivity contribution is 0.0958. The molecule has 0 aliphatic heterocycles. The number of rotatable bonds is 6. The standard InChI is InChI=1S/C10H18N6O2S/c1-5(2)15-10-16-7(11)6(19-10)8(17)13-3-4-14-9(12)18/h5H,3-4,11H2,1-2H3,(H,13,17)(H,15,16)(H3,12,14,18). The molecule has 106 valence electrons. The quantitative estimate of drug-likeness (QED) is 0.467. The molecule has 0 saturated heterocycles. The number of hydrogen-bond acceptors (Lipinski definition) is 6. The molecule has 7 N–H and O–H groups in total. The molecule has 0 aliphatic carbocycles. The van der Waals surface area contributed by atoms with Crippen molar-refractivity contribution in [2.24, 2.45) is 5.73 Å². The first-order valence-electron chi connectivity index (χ1n) is 5.74. The molecule has 0 atom stereocenters. The van der Waals surface area contributed by atoms with Gasteiger partial charge in [-0.25, -0.2) is 9.78 Å². The Bertz CT molecular complexity index is 459. The fourth-order valence-electron chi connectivity index (χ4n) is 1.25. The van der Waals surface area contributed by atoms with Gasteiger partial charge in [0.2, 0.25) is 0 Å². The number of thiazole rings is 1. The Kier molecular flexibility index (Phi) is 5.37. The van der Waals surface area contributed by atoms with Crippen molar-refractivity contribution in [1.82, 2.24) is 15.6 Å². The minimum atomic E-state index is -0.630. The van der Waals surface area contributed by atoms with Crippen LogP contribution in [0.4, 0.5) is 15.7 Å². The lowest BCUT2D eigenvalue weighted by Crippen LogP contribution is -2.37. The molecule has 0 aromatic carbocycles. The average molecular weight is 286 g/mol. The Morgan fingerprint density at radius 3 is 2.53 bits per heavy atom. The van der Waals surface area contributed by atoms with E-state index in [1.807, 2.05) is 13.8 Å². The van der Waals surface area contributed by atoms with E-state index in [2.05, 4.69) is 20.9 Å². The Morgan fingerprint density at radius 2 is 1.95 bits per heavy atom.